The van der Waals surface area contributed by atoms with Gasteiger partial charge in [-0.2, -0.15) is 4.98 Å². The summed E-state index contributed by atoms with van der Waals surface area (Å²) in [5.74, 6) is 0.840. The second kappa shape index (κ2) is 4.65. The van der Waals surface area contributed by atoms with Gasteiger partial charge in [0.15, 0.2) is 5.82 Å². The third-order valence-electron chi connectivity index (χ3n) is 2.90. The van der Waals surface area contributed by atoms with E-state index in [4.69, 9.17) is 4.52 Å². The van der Waals surface area contributed by atoms with E-state index in [2.05, 4.69) is 15.5 Å². The molecule has 0 aromatic carbocycles. The lowest BCUT2D eigenvalue weighted by atomic mass is 9.83. The highest BCUT2D eigenvalue weighted by molar-refractivity contribution is 5.96. The third-order valence-corrected chi connectivity index (χ3v) is 2.90. The molecule has 1 heterocycles. The van der Waals surface area contributed by atoms with Crippen LogP contribution < -0.4 is 5.32 Å². The van der Waals surface area contributed by atoms with Crippen molar-refractivity contribution in [2.24, 2.45) is 5.92 Å². The number of Topliss-reactive ketones (excluding diaryl/α,β-unsaturated/α-hetero) is 1. The van der Waals surface area contributed by atoms with Crippen molar-refractivity contribution in [2.45, 2.75) is 39.2 Å². The van der Waals surface area contributed by atoms with Crippen molar-refractivity contribution in [1.82, 2.24) is 15.5 Å². The Morgan fingerprint density at radius 2 is 2.29 bits per heavy atom. The molecule has 0 saturated heterocycles. The van der Waals surface area contributed by atoms with Crippen molar-refractivity contribution < 1.29 is 14.1 Å². The molecule has 6 nitrogen and oxygen atoms in total. The minimum absolute atomic E-state index is 0.0982. The summed E-state index contributed by atoms with van der Waals surface area (Å²) in [4.78, 5) is 26.7. The Kier molecular flexibility index (Phi) is 3.21. The quantitative estimate of drug-likeness (QED) is 0.841. The van der Waals surface area contributed by atoms with Crippen LogP contribution in [0.2, 0.25) is 0 Å². The van der Waals surface area contributed by atoms with E-state index in [1.807, 2.05) is 6.92 Å². The van der Waals surface area contributed by atoms with Crippen LogP contribution in [0.3, 0.4) is 0 Å². The van der Waals surface area contributed by atoms with Gasteiger partial charge in [-0.15, -0.1) is 0 Å². The van der Waals surface area contributed by atoms with E-state index in [1.165, 1.54) is 0 Å². The van der Waals surface area contributed by atoms with Crippen molar-refractivity contribution in [3.8, 4) is 0 Å². The summed E-state index contributed by atoms with van der Waals surface area (Å²) in [6.45, 7) is 3.64. The molecule has 1 unspecified atom stereocenters. The Morgan fingerprint density at radius 1 is 1.59 bits per heavy atom. The van der Waals surface area contributed by atoms with Gasteiger partial charge in [0.05, 0.1) is 12.0 Å². The number of hydrogen-bond donors (Lipinski definition) is 1. The maximum absolute atomic E-state index is 11.8. The first-order chi connectivity index (χ1) is 8.10. The van der Waals surface area contributed by atoms with Gasteiger partial charge in [0.25, 0.3) is 0 Å². The Hall–Kier alpha value is -1.72. The molecular formula is C11H15N3O3. The van der Waals surface area contributed by atoms with Crippen molar-refractivity contribution in [3.63, 3.8) is 0 Å². The maximum Gasteiger partial charge on any atom is 0.224 e. The van der Waals surface area contributed by atoms with Crippen molar-refractivity contribution in [3.05, 3.63) is 11.7 Å². The first-order valence-corrected chi connectivity index (χ1v) is 5.72. The number of amides is 1. The predicted octanol–water partition coefficient (Wildman–Crippen LogP) is 0.924. The molecule has 1 aromatic heterocycles. The van der Waals surface area contributed by atoms with Crippen LogP contribution >= 0.6 is 0 Å². The minimum atomic E-state index is -0.240. The van der Waals surface area contributed by atoms with Gasteiger partial charge in [-0.25, -0.2) is 0 Å². The molecule has 1 aromatic rings. The van der Waals surface area contributed by atoms with Crippen LogP contribution in [0.15, 0.2) is 4.52 Å². The van der Waals surface area contributed by atoms with E-state index in [9.17, 15) is 9.59 Å². The van der Waals surface area contributed by atoms with Gasteiger partial charge in [0.1, 0.15) is 5.78 Å². The molecule has 1 aliphatic rings. The average molecular weight is 237 g/mol. The molecule has 2 rings (SSSR count). The Labute approximate surface area is 98.8 Å². The van der Waals surface area contributed by atoms with E-state index >= 15 is 0 Å². The van der Waals surface area contributed by atoms with E-state index in [0.717, 1.165) is 0 Å². The molecule has 0 radical (unpaired) electrons. The molecule has 1 saturated carbocycles. The average Bonchev–Trinajstić information content (AvgIpc) is 2.68. The molecule has 0 aliphatic heterocycles. The summed E-state index contributed by atoms with van der Waals surface area (Å²) in [5, 5.41) is 6.63. The van der Waals surface area contributed by atoms with Crippen molar-refractivity contribution in [1.29, 1.82) is 0 Å². The number of nitrogens with zero attached hydrogens (tertiary/aromatic N) is 2. The van der Waals surface area contributed by atoms with Crippen LogP contribution in [-0.2, 0) is 9.59 Å². The first kappa shape index (κ1) is 11.8. The van der Waals surface area contributed by atoms with Crippen LogP contribution in [-0.4, -0.2) is 21.8 Å². The third kappa shape index (κ3) is 2.51. The fourth-order valence-electron chi connectivity index (χ4n) is 1.77. The highest BCUT2D eigenvalue weighted by atomic mass is 16.5. The largest absolute Gasteiger partial charge is 0.346 e. The molecular weight excluding hydrogens is 222 g/mol. The summed E-state index contributed by atoms with van der Waals surface area (Å²) in [7, 11) is 0. The lowest BCUT2D eigenvalue weighted by molar-refractivity contribution is -0.138. The summed E-state index contributed by atoms with van der Waals surface area (Å²) in [6, 6.07) is -0.240. The zero-order valence-corrected chi connectivity index (χ0v) is 9.90. The fraction of sp³-hybridized carbons (Fsp3) is 0.636. The normalized spacial score (nSPS) is 17.6. The number of hydrogen-bond acceptors (Lipinski definition) is 5. The van der Waals surface area contributed by atoms with E-state index < -0.39 is 0 Å². The topological polar surface area (TPSA) is 85.1 Å². The minimum Gasteiger partial charge on any atom is -0.346 e. The summed E-state index contributed by atoms with van der Waals surface area (Å²) >= 11 is 0. The first-order valence-electron chi connectivity index (χ1n) is 5.72. The SMILES string of the molecule is CCC(NC(=O)C1CC(=O)C1)c1noc(C)n1. The van der Waals surface area contributed by atoms with Crippen LogP contribution in [0.5, 0.6) is 0 Å². The van der Waals surface area contributed by atoms with Crippen LogP contribution in [0.4, 0.5) is 0 Å². The fourth-order valence-corrected chi connectivity index (χ4v) is 1.77. The van der Waals surface area contributed by atoms with Gasteiger partial charge < -0.3 is 9.84 Å². The lowest BCUT2D eigenvalue weighted by Crippen LogP contribution is -2.40. The van der Waals surface area contributed by atoms with Crippen molar-refractivity contribution in [2.75, 3.05) is 0 Å². The molecule has 17 heavy (non-hydrogen) atoms. The van der Waals surface area contributed by atoms with Gasteiger partial charge in [0, 0.05) is 19.8 Å². The molecule has 0 bridgehead atoms. The van der Waals surface area contributed by atoms with Gasteiger partial charge in [0.2, 0.25) is 11.8 Å². The van der Waals surface area contributed by atoms with Gasteiger partial charge in [-0.3, -0.25) is 9.59 Å². The number of aromatic nitrogens is 2. The molecule has 1 amide bonds. The second-order valence-corrected chi connectivity index (χ2v) is 4.28. The molecule has 1 fully saturated rings. The molecule has 6 heteroatoms. The molecule has 1 N–H and O–H groups in total. The number of ketones is 1. The van der Waals surface area contributed by atoms with E-state index in [0.29, 0.717) is 31.0 Å². The van der Waals surface area contributed by atoms with Gasteiger partial charge >= 0.3 is 0 Å². The Morgan fingerprint density at radius 3 is 2.76 bits per heavy atom. The zero-order valence-electron chi connectivity index (χ0n) is 9.90. The molecule has 1 aliphatic carbocycles. The number of rotatable bonds is 4. The van der Waals surface area contributed by atoms with Crippen LogP contribution in [0, 0.1) is 12.8 Å². The predicted molar refractivity (Wildman–Crippen MR) is 57.9 cm³/mol. The van der Waals surface area contributed by atoms with Gasteiger partial charge in [-0.05, 0) is 6.42 Å². The van der Waals surface area contributed by atoms with Crippen LogP contribution in [0.25, 0.3) is 0 Å². The molecule has 0 spiro atoms. The standard InChI is InChI=1S/C11H15N3O3/c1-3-9(10-12-6(2)17-14-10)13-11(16)7-4-8(15)5-7/h7,9H,3-5H2,1-2H3,(H,13,16). The van der Waals surface area contributed by atoms with E-state index in [1.54, 1.807) is 6.92 Å². The molecule has 1 atom stereocenters. The number of nitrogens with one attached hydrogen (secondary N) is 1. The second-order valence-electron chi connectivity index (χ2n) is 4.28. The Bertz CT molecular complexity index is 433. The monoisotopic (exact) mass is 237 g/mol. The number of carbonyl (C=O) groups excluding carboxylic acids is 2. The smallest absolute Gasteiger partial charge is 0.224 e. The number of aryl methyl sites for hydroxylation is 1. The zero-order chi connectivity index (χ0) is 12.4. The highest BCUT2D eigenvalue weighted by Crippen LogP contribution is 2.24. The lowest BCUT2D eigenvalue weighted by Gasteiger charge is -2.24. The number of carbonyl (C=O) groups is 2. The molecule has 92 valence electrons. The van der Waals surface area contributed by atoms with Crippen molar-refractivity contribution >= 4 is 11.7 Å². The maximum atomic E-state index is 11.8. The summed E-state index contributed by atoms with van der Waals surface area (Å²) in [6.07, 6.45) is 1.40. The van der Waals surface area contributed by atoms with E-state index in [-0.39, 0.29) is 23.7 Å². The summed E-state index contributed by atoms with van der Waals surface area (Å²) in [5.41, 5.74) is 0. The van der Waals surface area contributed by atoms with Crippen LogP contribution in [0.1, 0.15) is 43.9 Å². The highest BCUT2D eigenvalue weighted by Gasteiger charge is 2.34. The Balaban J connectivity index is 1.95. The van der Waals surface area contributed by atoms with Gasteiger partial charge in [-0.1, -0.05) is 12.1 Å². The summed E-state index contributed by atoms with van der Waals surface area (Å²) < 4.78 is 4.88.